The van der Waals surface area contributed by atoms with Crippen molar-refractivity contribution in [2.24, 2.45) is 0 Å². The van der Waals surface area contributed by atoms with Crippen molar-refractivity contribution < 1.29 is 18.7 Å². The second-order valence-corrected chi connectivity index (χ2v) is 7.35. The molecule has 2 aromatic carbocycles. The molecular formula is C24H22O5. The molecule has 0 spiro atoms. The first kappa shape index (κ1) is 18.9. The molecule has 148 valence electrons. The standard InChI is InChI=1S/C24H22O5/c1-13-5-6-18(14(2)9-13)12-27-19-8-7-17-10-21(28-20(17)11-19)23-15(3)22(25)16(4)24(26)29-23/h5-11,25H,12H2,1-4H3. The van der Waals surface area contributed by atoms with Crippen molar-refractivity contribution in [3.63, 3.8) is 0 Å². The normalized spacial score (nSPS) is 11.2. The van der Waals surface area contributed by atoms with E-state index >= 15 is 0 Å². The third-order valence-corrected chi connectivity index (χ3v) is 5.16. The van der Waals surface area contributed by atoms with Crippen LogP contribution in [0.15, 0.2) is 56.1 Å². The fourth-order valence-electron chi connectivity index (χ4n) is 3.35. The topological polar surface area (TPSA) is 72.8 Å². The van der Waals surface area contributed by atoms with Crippen molar-refractivity contribution in [2.45, 2.75) is 34.3 Å². The highest BCUT2D eigenvalue weighted by molar-refractivity contribution is 5.83. The number of fused-ring (bicyclic) bond motifs is 1. The molecule has 0 bridgehead atoms. The van der Waals surface area contributed by atoms with E-state index < -0.39 is 5.63 Å². The predicted octanol–water partition coefficient (Wildman–Crippen LogP) is 5.57. The van der Waals surface area contributed by atoms with Gasteiger partial charge in [-0.05, 0) is 57.0 Å². The molecule has 0 unspecified atom stereocenters. The van der Waals surface area contributed by atoms with Crippen molar-refractivity contribution in [2.75, 3.05) is 0 Å². The minimum Gasteiger partial charge on any atom is -0.507 e. The van der Waals surface area contributed by atoms with Crippen molar-refractivity contribution >= 4 is 11.0 Å². The third-order valence-electron chi connectivity index (χ3n) is 5.16. The van der Waals surface area contributed by atoms with Crippen LogP contribution in [0.5, 0.6) is 11.5 Å². The molecule has 0 amide bonds. The Morgan fingerprint density at radius 2 is 1.72 bits per heavy atom. The summed E-state index contributed by atoms with van der Waals surface area (Å²) < 4.78 is 17.2. The molecule has 2 aromatic heterocycles. The van der Waals surface area contributed by atoms with Gasteiger partial charge >= 0.3 is 5.63 Å². The van der Waals surface area contributed by atoms with Crippen molar-refractivity contribution in [3.8, 4) is 23.0 Å². The molecule has 0 aliphatic rings. The van der Waals surface area contributed by atoms with Gasteiger partial charge in [0.2, 0.25) is 0 Å². The zero-order valence-corrected chi connectivity index (χ0v) is 16.8. The van der Waals surface area contributed by atoms with Crippen LogP contribution in [-0.2, 0) is 6.61 Å². The molecule has 4 rings (SSSR count). The molecule has 5 heteroatoms. The van der Waals surface area contributed by atoms with Crippen LogP contribution in [0.25, 0.3) is 22.5 Å². The Morgan fingerprint density at radius 3 is 2.48 bits per heavy atom. The Balaban J connectivity index is 1.64. The Bertz CT molecular complexity index is 1280. The maximum absolute atomic E-state index is 11.9. The predicted molar refractivity (Wildman–Crippen MR) is 112 cm³/mol. The molecule has 0 radical (unpaired) electrons. The maximum atomic E-state index is 11.9. The van der Waals surface area contributed by atoms with Crippen molar-refractivity contribution in [3.05, 3.63) is 80.7 Å². The largest absolute Gasteiger partial charge is 0.507 e. The minimum absolute atomic E-state index is 0.0748. The van der Waals surface area contributed by atoms with E-state index in [0.717, 1.165) is 10.9 Å². The second kappa shape index (κ2) is 7.17. The lowest BCUT2D eigenvalue weighted by atomic mass is 10.1. The first-order chi connectivity index (χ1) is 13.8. The number of aryl methyl sites for hydroxylation is 2. The summed E-state index contributed by atoms with van der Waals surface area (Å²) in [6, 6.07) is 13.6. The number of hydrogen-bond acceptors (Lipinski definition) is 5. The molecule has 5 nitrogen and oxygen atoms in total. The van der Waals surface area contributed by atoms with Gasteiger partial charge in [-0.3, -0.25) is 0 Å². The minimum atomic E-state index is -0.582. The first-order valence-corrected chi connectivity index (χ1v) is 9.39. The van der Waals surface area contributed by atoms with Crippen LogP contribution in [0, 0.1) is 27.7 Å². The lowest BCUT2D eigenvalue weighted by Crippen LogP contribution is -2.05. The van der Waals surface area contributed by atoms with Gasteiger partial charge in [0, 0.05) is 17.0 Å². The van der Waals surface area contributed by atoms with Gasteiger partial charge in [-0.25, -0.2) is 4.79 Å². The summed E-state index contributed by atoms with van der Waals surface area (Å²) in [6.45, 7) is 7.81. The van der Waals surface area contributed by atoms with Gasteiger partial charge in [-0.15, -0.1) is 0 Å². The molecule has 2 heterocycles. The lowest BCUT2D eigenvalue weighted by Gasteiger charge is -2.09. The monoisotopic (exact) mass is 390 g/mol. The van der Waals surface area contributed by atoms with Crippen molar-refractivity contribution in [1.29, 1.82) is 0 Å². The summed E-state index contributed by atoms with van der Waals surface area (Å²) in [5.74, 6) is 1.22. The van der Waals surface area contributed by atoms with E-state index in [9.17, 15) is 9.90 Å². The fraction of sp³-hybridized carbons (Fsp3) is 0.208. The quantitative estimate of drug-likeness (QED) is 0.493. The number of furan rings is 1. The van der Waals surface area contributed by atoms with Gasteiger partial charge in [0.15, 0.2) is 11.5 Å². The van der Waals surface area contributed by atoms with Gasteiger partial charge in [0.05, 0.1) is 5.56 Å². The number of rotatable bonds is 4. The highest BCUT2D eigenvalue weighted by atomic mass is 16.5. The molecule has 29 heavy (non-hydrogen) atoms. The zero-order chi connectivity index (χ0) is 20.7. The van der Waals surface area contributed by atoms with Crippen molar-refractivity contribution in [1.82, 2.24) is 0 Å². The molecule has 0 aliphatic carbocycles. The van der Waals surface area contributed by atoms with Gasteiger partial charge in [-0.2, -0.15) is 0 Å². The van der Waals surface area contributed by atoms with Gasteiger partial charge in [-0.1, -0.05) is 23.8 Å². The molecule has 0 aliphatic heterocycles. The molecule has 0 fully saturated rings. The Labute approximate surface area is 168 Å². The number of hydrogen-bond donors (Lipinski definition) is 1. The van der Waals surface area contributed by atoms with Gasteiger partial charge in [0.25, 0.3) is 0 Å². The van der Waals surface area contributed by atoms with E-state index in [1.54, 1.807) is 13.0 Å². The number of benzene rings is 2. The van der Waals surface area contributed by atoms with Gasteiger partial charge < -0.3 is 18.7 Å². The SMILES string of the molecule is Cc1ccc(COc2ccc3cc(-c4oc(=O)c(C)c(O)c4C)oc3c2)c(C)c1. The Kier molecular flexibility index (Phi) is 4.66. The molecule has 0 saturated heterocycles. The van der Waals surface area contributed by atoms with E-state index in [0.29, 0.717) is 29.3 Å². The Morgan fingerprint density at radius 1 is 0.931 bits per heavy atom. The van der Waals surface area contributed by atoms with Crippen LogP contribution < -0.4 is 10.4 Å². The van der Waals surface area contributed by atoms with E-state index in [1.165, 1.54) is 18.1 Å². The van der Waals surface area contributed by atoms with E-state index in [1.807, 2.05) is 18.2 Å². The van der Waals surface area contributed by atoms with Crippen LogP contribution in [0.2, 0.25) is 0 Å². The maximum Gasteiger partial charge on any atom is 0.343 e. The number of ether oxygens (including phenoxy) is 1. The highest BCUT2D eigenvalue weighted by Crippen LogP contribution is 2.34. The summed E-state index contributed by atoms with van der Waals surface area (Å²) in [6.07, 6.45) is 0. The molecular weight excluding hydrogens is 368 g/mol. The molecule has 4 aromatic rings. The van der Waals surface area contributed by atoms with E-state index in [-0.39, 0.29) is 17.1 Å². The molecule has 0 atom stereocenters. The summed E-state index contributed by atoms with van der Waals surface area (Å²) in [4.78, 5) is 11.9. The highest BCUT2D eigenvalue weighted by Gasteiger charge is 2.18. The molecule has 0 saturated carbocycles. The average molecular weight is 390 g/mol. The molecule has 1 N–H and O–H groups in total. The summed E-state index contributed by atoms with van der Waals surface area (Å²) in [7, 11) is 0. The van der Waals surface area contributed by atoms with Crippen LogP contribution >= 0.6 is 0 Å². The van der Waals surface area contributed by atoms with Crippen LogP contribution in [0.3, 0.4) is 0 Å². The van der Waals surface area contributed by atoms with E-state index in [4.69, 9.17) is 13.6 Å². The second-order valence-electron chi connectivity index (χ2n) is 7.35. The van der Waals surface area contributed by atoms with Gasteiger partial charge in [0.1, 0.15) is 23.7 Å². The zero-order valence-electron chi connectivity index (χ0n) is 16.8. The van der Waals surface area contributed by atoms with E-state index in [2.05, 4.69) is 32.0 Å². The fourth-order valence-corrected chi connectivity index (χ4v) is 3.35. The lowest BCUT2D eigenvalue weighted by molar-refractivity contribution is 0.305. The third kappa shape index (κ3) is 3.51. The van der Waals surface area contributed by atoms with Crippen LogP contribution in [0.1, 0.15) is 27.8 Å². The Hall–Kier alpha value is -3.47. The van der Waals surface area contributed by atoms with Crippen LogP contribution in [-0.4, -0.2) is 5.11 Å². The van der Waals surface area contributed by atoms with Crippen LogP contribution in [0.4, 0.5) is 0 Å². The summed E-state index contributed by atoms with van der Waals surface area (Å²) >= 11 is 0. The average Bonchev–Trinajstić information content (AvgIpc) is 3.11. The smallest absolute Gasteiger partial charge is 0.343 e. The number of aromatic hydroxyl groups is 1. The summed E-state index contributed by atoms with van der Waals surface area (Å²) in [5, 5.41) is 11.0. The summed E-state index contributed by atoms with van der Waals surface area (Å²) in [5.41, 5.74) is 4.22. The first-order valence-electron chi connectivity index (χ1n) is 9.39.